The molecule has 0 radical (unpaired) electrons. The zero-order chi connectivity index (χ0) is 12.5. The van der Waals surface area contributed by atoms with Gasteiger partial charge >= 0.3 is 0 Å². The summed E-state index contributed by atoms with van der Waals surface area (Å²) in [5, 5.41) is 2.58. The summed E-state index contributed by atoms with van der Waals surface area (Å²) >= 11 is 0. The van der Waals surface area contributed by atoms with E-state index in [1.54, 1.807) is 0 Å². The van der Waals surface area contributed by atoms with E-state index in [2.05, 4.69) is 60.4 Å². The van der Waals surface area contributed by atoms with Crippen LogP contribution in [0.4, 0.5) is 0 Å². The van der Waals surface area contributed by atoms with Crippen LogP contribution in [0, 0.1) is 13.8 Å². The van der Waals surface area contributed by atoms with Gasteiger partial charge in [-0.25, -0.2) is 0 Å². The van der Waals surface area contributed by atoms with Crippen LogP contribution in [-0.4, -0.2) is 4.98 Å². The number of nitrogens with zero attached hydrogens (tertiary/aromatic N) is 1. The van der Waals surface area contributed by atoms with Gasteiger partial charge in [0.05, 0.1) is 5.69 Å². The van der Waals surface area contributed by atoms with Gasteiger partial charge in [-0.05, 0) is 42.3 Å². The maximum Gasteiger partial charge on any atom is 0.0711 e. The Morgan fingerprint density at radius 2 is 1.44 bits per heavy atom. The summed E-state index contributed by atoms with van der Waals surface area (Å²) in [5.74, 6) is 0. The van der Waals surface area contributed by atoms with Gasteiger partial charge in [0, 0.05) is 11.3 Å². The van der Waals surface area contributed by atoms with Crippen molar-refractivity contribution in [3.05, 3.63) is 65.9 Å². The van der Waals surface area contributed by atoms with Crippen LogP contribution in [0.25, 0.3) is 22.0 Å². The molecule has 0 saturated carbocycles. The lowest BCUT2D eigenvalue weighted by Gasteiger charge is -2.08. The van der Waals surface area contributed by atoms with E-state index < -0.39 is 0 Å². The summed E-state index contributed by atoms with van der Waals surface area (Å²) in [7, 11) is 0. The molecule has 88 valence electrons. The molecule has 0 aliphatic heterocycles. The lowest BCUT2D eigenvalue weighted by Crippen LogP contribution is -1.88. The van der Waals surface area contributed by atoms with Gasteiger partial charge in [0.2, 0.25) is 0 Å². The van der Waals surface area contributed by atoms with Crippen molar-refractivity contribution >= 4 is 10.8 Å². The minimum Gasteiger partial charge on any atom is -0.253 e. The molecular weight excluding hydrogens is 218 g/mol. The normalized spacial score (nSPS) is 10.8. The van der Waals surface area contributed by atoms with Crippen molar-refractivity contribution in [3.8, 4) is 11.3 Å². The molecule has 3 aromatic rings. The fourth-order valence-electron chi connectivity index (χ4n) is 2.38. The summed E-state index contributed by atoms with van der Waals surface area (Å²) in [6, 6.07) is 19.0. The summed E-state index contributed by atoms with van der Waals surface area (Å²) in [6.07, 6.45) is 0. The average Bonchev–Trinajstić information content (AvgIpc) is 2.39. The van der Waals surface area contributed by atoms with E-state index in [0.29, 0.717) is 0 Å². The van der Waals surface area contributed by atoms with Crippen LogP contribution in [0.1, 0.15) is 11.3 Å². The van der Waals surface area contributed by atoms with Crippen molar-refractivity contribution in [2.24, 2.45) is 0 Å². The van der Waals surface area contributed by atoms with Crippen molar-refractivity contribution in [3.63, 3.8) is 0 Å². The molecule has 1 heterocycles. The first-order chi connectivity index (χ1) is 8.75. The van der Waals surface area contributed by atoms with E-state index in [0.717, 1.165) is 11.4 Å². The minimum atomic E-state index is 1.05. The summed E-state index contributed by atoms with van der Waals surface area (Å²) in [4.78, 5) is 4.62. The largest absolute Gasteiger partial charge is 0.253 e. The number of pyridine rings is 1. The molecule has 3 rings (SSSR count). The Labute approximate surface area is 107 Å². The zero-order valence-electron chi connectivity index (χ0n) is 10.6. The molecule has 1 nitrogen and oxygen atoms in total. The number of aryl methyl sites for hydroxylation is 2. The lowest BCUT2D eigenvalue weighted by molar-refractivity contribution is 1.21. The maximum absolute atomic E-state index is 4.62. The highest BCUT2D eigenvalue weighted by Crippen LogP contribution is 2.28. The van der Waals surface area contributed by atoms with Crippen LogP contribution in [0.2, 0.25) is 0 Å². The van der Waals surface area contributed by atoms with Crippen molar-refractivity contribution in [2.45, 2.75) is 13.8 Å². The fourth-order valence-corrected chi connectivity index (χ4v) is 2.38. The van der Waals surface area contributed by atoms with Crippen LogP contribution >= 0.6 is 0 Å². The van der Waals surface area contributed by atoms with Crippen molar-refractivity contribution < 1.29 is 0 Å². The topological polar surface area (TPSA) is 12.9 Å². The summed E-state index contributed by atoms with van der Waals surface area (Å²) in [5.41, 5.74) is 4.62. The maximum atomic E-state index is 4.62. The standard InChI is InChI=1S/C17H15N/c1-12-6-3-9-15-14(12)8-5-10-16(15)17-11-4-7-13(2)18-17/h3-11H,1-2H3. The predicted octanol–water partition coefficient (Wildman–Crippen LogP) is 4.52. The number of hydrogen-bond acceptors (Lipinski definition) is 1. The van der Waals surface area contributed by atoms with E-state index in [-0.39, 0.29) is 0 Å². The van der Waals surface area contributed by atoms with E-state index in [9.17, 15) is 0 Å². The second-order valence-electron chi connectivity index (χ2n) is 4.64. The molecule has 0 spiro atoms. The molecule has 0 fully saturated rings. The van der Waals surface area contributed by atoms with Crippen molar-refractivity contribution in [1.82, 2.24) is 4.98 Å². The van der Waals surface area contributed by atoms with Gasteiger partial charge in [-0.15, -0.1) is 0 Å². The first-order valence-electron chi connectivity index (χ1n) is 6.18. The van der Waals surface area contributed by atoms with Crippen LogP contribution < -0.4 is 0 Å². The lowest BCUT2D eigenvalue weighted by atomic mass is 9.98. The van der Waals surface area contributed by atoms with Crippen LogP contribution in [-0.2, 0) is 0 Å². The Morgan fingerprint density at radius 3 is 2.28 bits per heavy atom. The Morgan fingerprint density at radius 1 is 0.722 bits per heavy atom. The van der Waals surface area contributed by atoms with Crippen molar-refractivity contribution in [1.29, 1.82) is 0 Å². The number of benzene rings is 2. The molecule has 2 aromatic carbocycles. The average molecular weight is 233 g/mol. The van der Waals surface area contributed by atoms with Crippen molar-refractivity contribution in [2.75, 3.05) is 0 Å². The van der Waals surface area contributed by atoms with E-state index in [1.807, 2.05) is 13.0 Å². The Kier molecular flexibility index (Phi) is 2.60. The van der Waals surface area contributed by atoms with Crippen LogP contribution in [0.15, 0.2) is 54.6 Å². The van der Waals surface area contributed by atoms with Gasteiger partial charge in [0.25, 0.3) is 0 Å². The predicted molar refractivity (Wildman–Crippen MR) is 76.7 cm³/mol. The van der Waals surface area contributed by atoms with E-state index in [1.165, 1.54) is 21.9 Å². The van der Waals surface area contributed by atoms with Gasteiger partial charge in [-0.1, -0.05) is 42.5 Å². The molecule has 0 atom stereocenters. The number of rotatable bonds is 1. The Hall–Kier alpha value is -2.15. The molecular formula is C17H15N. The highest BCUT2D eigenvalue weighted by Gasteiger charge is 2.05. The molecule has 0 aliphatic rings. The van der Waals surface area contributed by atoms with Crippen LogP contribution in [0.3, 0.4) is 0 Å². The fraction of sp³-hybridized carbons (Fsp3) is 0.118. The first kappa shape index (κ1) is 11.0. The smallest absolute Gasteiger partial charge is 0.0711 e. The molecule has 1 aromatic heterocycles. The molecule has 18 heavy (non-hydrogen) atoms. The number of aromatic nitrogens is 1. The summed E-state index contributed by atoms with van der Waals surface area (Å²) in [6.45, 7) is 4.18. The second-order valence-corrected chi connectivity index (χ2v) is 4.64. The number of fused-ring (bicyclic) bond motifs is 1. The van der Waals surface area contributed by atoms with Gasteiger partial charge < -0.3 is 0 Å². The Balaban J connectivity index is 2.33. The third-order valence-corrected chi connectivity index (χ3v) is 3.30. The van der Waals surface area contributed by atoms with E-state index in [4.69, 9.17) is 0 Å². The number of hydrogen-bond donors (Lipinski definition) is 0. The zero-order valence-corrected chi connectivity index (χ0v) is 10.6. The monoisotopic (exact) mass is 233 g/mol. The van der Waals surface area contributed by atoms with Gasteiger partial charge in [0.15, 0.2) is 0 Å². The minimum absolute atomic E-state index is 1.05. The quantitative estimate of drug-likeness (QED) is 0.602. The SMILES string of the molecule is Cc1cccc(-c2cccc3c(C)cccc23)n1. The Bertz CT molecular complexity index is 714. The molecule has 0 N–H and O–H groups in total. The summed E-state index contributed by atoms with van der Waals surface area (Å²) < 4.78 is 0. The third-order valence-electron chi connectivity index (χ3n) is 3.30. The van der Waals surface area contributed by atoms with Gasteiger partial charge in [-0.2, -0.15) is 0 Å². The molecule has 0 bridgehead atoms. The highest BCUT2D eigenvalue weighted by atomic mass is 14.7. The molecule has 0 saturated heterocycles. The molecule has 0 aliphatic carbocycles. The van der Waals surface area contributed by atoms with Gasteiger partial charge in [0.1, 0.15) is 0 Å². The van der Waals surface area contributed by atoms with Gasteiger partial charge in [-0.3, -0.25) is 4.98 Å². The first-order valence-corrected chi connectivity index (χ1v) is 6.18. The third kappa shape index (κ3) is 1.78. The second kappa shape index (κ2) is 4.26. The van der Waals surface area contributed by atoms with Crippen LogP contribution in [0.5, 0.6) is 0 Å². The van der Waals surface area contributed by atoms with E-state index >= 15 is 0 Å². The highest BCUT2D eigenvalue weighted by molar-refractivity contribution is 5.97. The molecule has 1 heteroatoms. The molecule has 0 amide bonds. The molecule has 0 unspecified atom stereocenters.